The second kappa shape index (κ2) is 5.14. The number of nitrogens with one attached hydrogen (secondary N) is 1. The van der Waals surface area contributed by atoms with Crippen molar-refractivity contribution >= 4 is 12.4 Å². The summed E-state index contributed by atoms with van der Waals surface area (Å²) in [5.41, 5.74) is -0.140. The number of hydrogen-bond acceptors (Lipinski definition) is 3. The van der Waals surface area contributed by atoms with Crippen LogP contribution in [0.5, 0.6) is 0 Å². The molecule has 2 fully saturated rings. The molecule has 2 aliphatic carbocycles. The fraction of sp³-hybridized carbons (Fsp3) is 0.867. The Morgan fingerprint density at radius 1 is 1.32 bits per heavy atom. The van der Waals surface area contributed by atoms with Gasteiger partial charge in [0, 0.05) is 12.0 Å². The summed E-state index contributed by atoms with van der Waals surface area (Å²) in [4.78, 5) is 22.5. The average molecular weight is 267 g/mol. The second-order valence-electron chi connectivity index (χ2n) is 7.24. The van der Waals surface area contributed by atoms with Gasteiger partial charge in [0.05, 0.1) is 0 Å². The van der Waals surface area contributed by atoms with Gasteiger partial charge in [0.1, 0.15) is 11.9 Å². The molecule has 0 saturated heterocycles. The maximum Gasteiger partial charge on any atom is 0.407 e. The molecular formula is C15H25NO3. The molecule has 2 saturated carbocycles. The average Bonchev–Trinajstić information content (AvgIpc) is 2.23. The van der Waals surface area contributed by atoms with E-state index >= 15 is 0 Å². The highest BCUT2D eigenvalue weighted by atomic mass is 16.6. The van der Waals surface area contributed by atoms with E-state index in [2.05, 4.69) is 5.32 Å². The highest BCUT2D eigenvalue weighted by molar-refractivity contribution is 5.68. The summed E-state index contributed by atoms with van der Waals surface area (Å²) in [6.45, 7) is 5.61. The van der Waals surface area contributed by atoms with Crippen LogP contribution in [0.3, 0.4) is 0 Å². The molecule has 0 radical (unpaired) electrons. The van der Waals surface area contributed by atoms with Crippen LogP contribution >= 0.6 is 0 Å². The molecule has 1 unspecified atom stereocenters. The number of ether oxygens (including phenoxy) is 1. The molecule has 1 N–H and O–H groups in total. The van der Waals surface area contributed by atoms with E-state index in [1.165, 1.54) is 6.42 Å². The molecular weight excluding hydrogens is 242 g/mol. The zero-order valence-corrected chi connectivity index (χ0v) is 12.2. The van der Waals surface area contributed by atoms with Gasteiger partial charge in [0.25, 0.3) is 0 Å². The Bertz CT molecular complexity index is 353. The van der Waals surface area contributed by atoms with E-state index in [1.54, 1.807) is 0 Å². The number of aldehydes is 1. The molecule has 4 heteroatoms. The van der Waals surface area contributed by atoms with Gasteiger partial charge in [0.2, 0.25) is 0 Å². The van der Waals surface area contributed by atoms with E-state index in [1.807, 2.05) is 20.8 Å². The van der Waals surface area contributed by atoms with Crippen molar-refractivity contribution in [3.63, 3.8) is 0 Å². The number of amides is 1. The molecule has 0 aromatic heterocycles. The Kier molecular flexibility index (Phi) is 3.88. The fourth-order valence-corrected chi connectivity index (χ4v) is 3.57. The summed E-state index contributed by atoms with van der Waals surface area (Å²) < 4.78 is 5.30. The molecule has 19 heavy (non-hydrogen) atoms. The first-order valence-electron chi connectivity index (χ1n) is 7.27. The number of carbonyl (C=O) groups excluding carboxylic acids is 2. The minimum absolute atomic E-state index is 0.205. The Morgan fingerprint density at radius 3 is 2.58 bits per heavy atom. The molecule has 0 aromatic carbocycles. The molecule has 0 heterocycles. The van der Waals surface area contributed by atoms with Gasteiger partial charge in [-0.1, -0.05) is 6.42 Å². The molecule has 1 amide bonds. The third-order valence-corrected chi connectivity index (χ3v) is 4.24. The van der Waals surface area contributed by atoms with Crippen LogP contribution in [0, 0.1) is 11.3 Å². The standard InChI is InChI=1S/C15H25NO3/c1-14(2,3)19-13(18)16-12-5-4-6-15(9-12)7-11(8-15)10-17/h10-12H,4-9H2,1-3H3,(H,16,18). The van der Waals surface area contributed by atoms with E-state index in [0.717, 1.165) is 38.4 Å². The van der Waals surface area contributed by atoms with E-state index < -0.39 is 5.60 Å². The van der Waals surface area contributed by atoms with Crippen molar-refractivity contribution in [3.05, 3.63) is 0 Å². The van der Waals surface area contributed by atoms with Crippen LogP contribution in [0.25, 0.3) is 0 Å². The Labute approximate surface area is 115 Å². The van der Waals surface area contributed by atoms with Gasteiger partial charge >= 0.3 is 6.09 Å². The van der Waals surface area contributed by atoms with E-state index in [-0.39, 0.29) is 18.1 Å². The van der Waals surface area contributed by atoms with Crippen molar-refractivity contribution in [2.45, 2.75) is 70.9 Å². The van der Waals surface area contributed by atoms with Crippen molar-refractivity contribution in [2.75, 3.05) is 0 Å². The van der Waals surface area contributed by atoms with Crippen LogP contribution in [0.1, 0.15) is 59.3 Å². The molecule has 0 aromatic rings. The Morgan fingerprint density at radius 2 is 2.00 bits per heavy atom. The Hall–Kier alpha value is -1.06. The minimum Gasteiger partial charge on any atom is -0.444 e. The van der Waals surface area contributed by atoms with Crippen LogP contribution in [-0.2, 0) is 9.53 Å². The van der Waals surface area contributed by atoms with Gasteiger partial charge in [0.15, 0.2) is 0 Å². The molecule has 108 valence electrons. The first-order valence-corrected chi connectivity index (χ1v) is 7.27. The maximum atomic E-state index is 11.8. The van der Waals surface area contributed by atoms with Gasteiger partial charge in [-0.25, -0.2) is 4.79 Å². The summed E-state index contributed by atoms with van der Waals surface area (Å²) in [6, 6.07) is 0.205. The smallest absolute Gasteiger partial charge is 0.407 e. The van der Waals surface area contributed by atoms with Crippen LogP contribution in [0.15, 0.2) is 0 Å². The maximum absolute atomic E-state index is 11.8. The van der Waals surface area contributed by atoms with Crippen molar-refractivity contribution in [1.82, 2.24) is 5.32 Å². The van der Waals surface area contributed by atoms with Crippen LogP contribution in [0.2, 0.25) is 0 Å². The predicted octanol–water partition coefficient (Wildman–Crippen LogP) is 3.05. The van der Waals surface area contributed by atoms with Gasteiger partial charge in [-0.2, -0.15) is 0 Å². The van der Waals surface area contributed by atoms with Crippen molar-refractivity contribution in [1.29, 1.82) is 0 Å². The summed E-state index contributed by atoms with van der Waals surface area (Å²) in [6.07, 6.45) is 7.11. The molecule has 1 atom stereocenters. The summed E-state index contributed by atoms with van der Waals surface area (Å²) in [7, 11) is 0. The third-order valence-electron chi connectivity index (χ3n) is 4.24. The molecule has 2 rings (SSSR count). The summed E-state index contributed by atoms with van der Waals surface area (Å²) in [5, 5.41) is 2.98. The number of carbonyl (C=O) groups is 2. The van der Waals surface area contributed by atoms with E-state index in [9.17, 15) is 9.59 Å². The quantitative estimate of drug-likeness (QED) is 0.782. The highest BCUT2D eigenvalue weighted by Gasteiger charge is 2.46. The van der Waals surface area contributed by atoms with Crippen molar-refractivity contribution in [2.24, 2.45) is 11.3 Å². The Balaban J connectivity index is 1.82. The fourth-order valence-electron chi connectivity index (χ4n) is 3.57. The lowest BCUT2D eigenvalue weighted by Crippen LogP contribution is -2.49. The van der Waals surface area contributed by atoms with Gasteiger partial charge in [-0.05, 0) is 58.3 Å². The molecule has 4 nitrogen and oxygen atoms in total. The zero-order valence-electron chi connectivity index (χ0n) is 12.2. The predicted molar refractivity (Wildman–Crippen MR) is 72.8 cm³/mol. The topological polar surface area (TPSA) is 55.4 Å². The molecule has 0 aliphatic heterocycles. The first kappa shape index (κ1) is 14.4. The lowest BCUT2D eigenvalue weighted by molar-refractivity contribution is -0.119. The van der Waals surface area contributed by atoms with Gasteiger partial charge < -0.3 is 14.8 Å². The van der Waals surface area contributed by atoms with Crippen molar-refractivity contribution in [3.8, 4) is 0 Å². The largest absolute Gasteiger partial charge is 0.444 e. The van der Waals surface area contributed by atoms with Crippen molar-refractivity contribution < 1.29 is 14.3 Å². The normalized spacial score (nSPS) is 34.5. The lowest BCUT2D eigenvalue weighted by Gasteiger charge is -2.50. The molecule has 2 aliphatic rings. The first-order chi connectivity index (χ1) is 8.82. The minimum atomic E-state index is -0.449. The van der Waals surface area contributed by atoms with Crippen LogP contribution in [-0.4, -0.2) is 24.0 Å². The lowest BCUT2D eigenvalue weighted by atomic mass is 9.55. The van der Waals surface area contributed by atoms with Gasteiger partial charge in [-0.15, -0.1) is 0 Å². The van der Waals surface area contributed by atoms with Gasteiger partial charge in [-0.3, -0.25) is 0 Å². The number of alkyl carbamates (subject to hydrolysis) is 1. The molecule has 1 spiro atoms. The zero-order chi connectivity index (χ0) is 14.1. The van der Waals surface area contributed by atoms with Crippen LogP contribution in [0.4, 0.5) is 4.79 Å². The third kappa shape index (κ3) is 3.71. The summed E-state index contributed by atoms with van der Waals surface area (Å²) in [5.74, 6) is 0.250. The monoisotopic (exact) mass is 267 g/mol. The highest BCUT2D eigenvalue weighted by Crippen LogP contribution is 2.54. The van der Waals surface area contributed by atoms with E-state index in [4.69, 9.17) is 4.74 Å². The second-order valence-corrected chi connectivity index (χ2v) is 7.24. The number of rotatable bonds is 2. The summed E-state index contributed by atoms with van der Waals surface area (Å²) >= 11 is 0. The van der Waals surface area contributed by atoms with E-state index in [0.29, 0.717) is 5.41 Å². The SMILES string of the molecule is CC(C)(C)OC(=O)NC1CCCC2(CC(C=O)C2)C1. The molecule has 0 bridgehead atoms. The number of hydrogen-bond donors (Lipinski definition) is 1. The van der Waals surface area contributed by atoms with Crippen LogP contribution < -0.4 is 5.32 Å².